The molecule has 0 radical (unpaired) electrons. The molecule has 27 heavy (non-hydrogen) atoms. The number of aromatic nitrogens is 1. The van der Waals surface area contributed by atoms with Crippen LogP contribution in [0.4, 0.5) is 0 Å². The number of esters is 1. The van der Waals surface area contributed by atoms with Gasteiger partial charge in [0.05, 0.1) is 6.10 Å². The van der Waals surface area contributed by atoms with Gasteiger partial charge < -0.3 is 18.5 Å². The highest BCUT2D eigenvalue weighted by Crippen LogP contribution is 2.20. The van der Waals surface area contributed by atoms with Crippen LogP contribution in [0.2, 0.25) is 0 Å². The van der Waals surface area contributed by atoms with E-state index in [1.165, 1.54) is 12.2 Å². The number of hydrogen-bond acceptors (Lipinski definition) is 5. The van der Waals surface area contributed by atoms with Gasteiger partial charge in [-0.2, -0.15) is 0 Å². The van der Waals surface area contributed by atoms with E-state index < -0.39 is 5.97 Å². The minimum Gasteiger partial charge on any atom is -0.462 e. The maximum Gasteiger partial charge on any atom is 0.331 e. The first-order valence-corrected chi connectivity index (χ1v) is 9.17. The van der Waals surface area contributed by atoms with Gasteiger partial charge in [-0.25, -0.2) is 4.79 Å². The Morgan fingerprint density at radius 1 is 1.30 bits per heavy atom. The summed E-state index contributed by atoms with van der Waals surface area (Å²) in [6.45, 7) is 6.97. The molecular weight excluding hydrogens is 346 g/mol. The molecular formula is C21H25NO5. The molecule has 0 aromatic carbocycles. The van der Waals surface area contributed by atoms with Crippen molar-refractivity contribution in [3.63, 3.8) is 0 Å². The lowest BCUT2D eigenvalue weighted by molar-refractivity contribution is -0.136. The molecule has 1 aliphatic rings. The van der Waals surface area contributed by atoms with Crippen LogP contribution in [0, 0.1) is 20.8 Å². The number of carbonyl (C=O) groups is 2. The number of hydrogen-bond donors (Lipinski definition) is 0. The monoisotopic (exact) mass is 371 g/mol. The van der Waals surface area contributed by atoms with E-state index in [1.54, 1.807) is 12.1 Å². The minimum absolute atomic E-state index is 0.200. The van der Waals surface area contributed by atoms with Crippen LogP contribution in [0.3, 0.4) is 0 Å². The Balaban J connectivity index is 1.57. The topological polar surface area (TPSA) is 70.7 Å². The van der Waals surface area contributed by atoms with Crippen molar-refractivity contribution in [2.45, 2.75) is 46.3 Å². The minimum atomic E-state index is -0.578. The second-order valence-electron chi connectivity index (χ2n) is 6.84. The van der Waals surface area contributed by atoms with Crippen LogP contribution in [0.25, 0.3) is 6.08 Å². The van der Waals surface area contributed by atoms with Crippen LogP contribution < -0.4 is 0 Å². The van der Waals surface area contributed by atoms with Gasteiger partial charge in [-0.3, -0.25) is 4.79 Å². The molecule has 1 unspecified atom stereocenters. The number of ether oxygens (including phenoxy) is 2. The van der Waals surface area contributed by atoms with E-state index in [0.717, 1.165) is 43.1 Å². The van der Waals surface area contributed by atoms with Crippen LogP contribution in [-0.2, 0) is 20.8 Å². The van der Waals surface area contributed by atoms with Crippen LogP contribution in [0.5, 0.6) is 0 Å². The number of carbonyl (C=O) groups excluding carboxylic acids is 2. The van der Waals surface area contributed by atoms with Gasteiger partial charge in [0.1, 0.15) is 11.5 Å². The fourth-order valence-corrected chi connectivity index (χ4v) is 3.31. The molecule has 6 heteroatoms. The smallest absolute Gasteiger partial charge is 0.331 e. The zero-order valence-electron chi connectivity index (χ0n) is 16.0. The molecule has 2 aromatic heterocycles. The predicted octanol–water partition coefficient (Wildman–Crippen LogP) is 3.62. The number of ketones is 1. The first-order chi connectivity index (χ1) is 12.9. The van der Waals surface area contributed by atoms with E-state index in [0.29, 0.717) is 11.3 Å². The standard InChI is InChI=1S/C21H25NO5/c1-14-11-19(16(3)22(14)12-18-5-4-10-25-18)20(23)13-26-21(24)9-8-17-7-6-15(2)27-17/h6-9,11,18H,4-5,10,12-13H2,1-3H3. The average Bonchev–Trinajstić information content (AvgIpc) is 3.36. The summed E-state index contributed by atoms with van der Waals surface area (Å²) >= 11 is 0. The summed E-state index contributed by atoms with van der Waals surface area (Å²) in [6.07, 6.45) is 5.10. The van der Waals surface area contributed by atoms with Crippen molar-refractivity contribution in [1.82, 2.24) is 4.57 Å². The summed E-state index contributed by atoms with van der Waals surface area (Å²) in [5.41, 5.74) is 2.47. The Hall–Kier alpha value is -2.60. The lowest BCUT2D eigenvalue weighted by Gasteiger charge is -2.14. The van der Waals surface area contributed by atoms with Gasteiger partial charge in [-0.05, 0) is 57.9 Å². The molecule has 144 valence electrons. The van der Waals surface area contributed by atoms with Crippen LogP contribution in [0.1, 0.15) is 46.1 Å². The Kier molecular flexibility index (Phi) is 5.96. The van der Waals surface area contributed by atoms with Crippen LogP contribution >= 0.6 is 0 Å². The third-order valence-corrected chi connectivity index (χ3v) is 4.77. The Morgan fingerprint density at radius 2 is 2.11 bits per heavy atom. The van der Waals surface area contributed by atoms with Gasteiger partial charge >= 0.3 is 5.97 Å². The Morgan fingerprint density at radius 3 is 2.78 bits per heavy atom. The van der Waals surface area contributed by atoms with Crippen molar-refractivity contribution in [2.24, 2.45) is 0 Å². The predicted molar refractivity (Wildman–Crippen MR) is 101 cm³/mol. The third kappa shape index (κ3) is 4.77. The molecule has 2 aromatic rings. The summed E-state index contributed by atoms with van der Waals surface area (Å²) in [5.74, 6) is 0.535. The van der Waals surface area contributed by atoms with Gasteiger partial charge in [-0.1, -0.05) is 0 Å². The van der Waals surface area contributed by atoms with Crippen molar-refractivity contribution in [1.29, 1.82) is 0 Å². The molecule has 0 spiro atoms. The Bertz CT molecular complexity index is 852. The molecule has 0 amide bonds. The van der Waals surface area contributed by atoms with Gasteiger partial charge in [0.2, 0.25) is 5.78 Å². The second-order valence-corrected chi connectivity index (χ2v) is 6.84. The third-order valence-electron chi connectivity index (χ3n) is 4.77. The molecule has 0 saturated carbocycles. The molecule has 0 aliphatic carbocycles. The van der Waals surface area contributed by atoms with Gasteiger partial charge in [0.25, 0.3) is 0 Å². The molecule has 3 heterocycles. The van der Waals surface area contributed by atoms with Gasteiger partial charge in [-0.15, -0.1) is 0 Å². The molecule has 1 aliphatic heterocycles. The molecule has 6 nitrogen and oxygen atoms in total. The highest BCUT2D eigenvalue weighted by molar-refractivity contribution is 6.00. The molecule has 1 fully saturated rings. The molecule has 3 rings (SSSR count). The fourth-order valence-electron chi connectivity index (χ4n) is 3.31. The summed E-state index contributed by atoms with van der Waals surface area (Å²) in [7, 11) is 0. The number of Topliss-reactive ketones (excluding diaryl/α,β-unsaturated/α-hetero) is 1. The summed E-state index contributed by atoms with van der Waals surface area (Å²) in [5, 5.41) is 0. The van der Waals surface area contributed by atoms with Crippen LogP contribution in [-0.4, -0.2) is 35.6 Å². The van der Waals surface area contributed by atoms with Crippen LogP contribution in [0.15, 0.2) is 28.7 Å². The quantitative estimate of drug-likeness (QED) is 0.422. The second kappa shape index (κ2) is 8.39. The van der Waals surface area contributed by atoms with Crippen molar-refractivity contribution < 1.29 is 23.5 Å². The van der Waals surface area contributed by atoms with E-state index >= 15 is 0 Å². The number of furan rings is 1. The molecule has 0 bridgehead atoms. The normalized spacial score (nSPS) is 16.9. The average molecular weight is 371 g/mol. The summed E-state index contributed by atoms with van der Waals surface area (Å²) in [6, 6.07) is 5.41. The zero-order valence-corrected chi connectivity index (χ0v) is 16.0. The number of aryl methyl sites for hydroxylation is 2. The number of rotatable bonds is 7. The maximum atomic E-state index is 12.5. The summed E-state index contributed by atoms with van der Waals surface area (Å²) < 4.78 is 18.2. The van der Waals surface area contributed by atoms with Crippen molar-refractivity contribution in [2.75, 3.05) is 13.2 Å². The molecule has 1 saturated heterocycles. The first-order valence-electron chi connectivity index (χ1n) is 9.17. The molecule has 0 N–H and O–H groups in total. The van der Waals surface area contributed by atoms with Gasteiger partial charge in [0, 0.05) is 36.2 Å². The van der Waals surface area contributed by atoms with Crippen molar-refractivity contribution in [3.8, 4) is 0 Å². The summed E-state index contributed by atoms with van der Waals surface area (Å²) in [4.78, 5) is 24.3. The molecule has 1 atom stereocenters. The fraction of sp³-hybridized carbons (Fsp3) is 0.429. The van der Waals surface area contributed by atoms with E-state index in [1.807, 2.05) is 26.8 Å². The van der Waals surface area contributed by atoms with Gasteiger partial charge in [0.15, 0.2) is 6.61 Å². The van der Waals surface area contributed by atoms with Crippen molar-refractivity contribution >= 4 is 17.8 Å². The SMILES string of the molecule is Cc1ccc(C=CC(=O)OCC(=O)c2cc(C)n(CC3CCCO3)c2C)o1. The van der Waals surface area contributed by atoms with E-state index in [2.05, 4.69) is 4.57 Å². The maximum absolute atomic E-state index is 12.5. The largest absolute Gasteiger partial charge is 0.462 e. The van der Waals surface area contributed by atoms with E-state index in [4.69, 9.17) is 13.9 Å². The first kappa shape index (κ1) is 19.2. The van der Waals surface area contributed by atoms with E-state index in [9.17, 15) is 9.59 Å². The number of nitrogens with zero attached hydrogens (tertiary/aromatic N) is 1. The zero-order chi connectivity index (χ0) is 19.4. The lowest BCUT2D eigenvalue weighted by Crippen LogP contribution is -2.18. The highest BCUT2D eigenvalue weighted by atomic mass is 16.5. The highest BCUT2D eigenvalue weighted by Gasteiger charge is 2.21. The van der Waals surface area contributed by atoms with Crippen molar-refractivity contribution in [3.05, 3.63) is 52.7 Å². The Labute approximate surface area is 158 Å². The lowest BCUT2D eigenvalue weighted by atomic mass is 10.1. The van der Waals surface area contributed by atoms with E-state index in [-0.39, 0.29) is 18.5 Å².